The topological polar surface area (TPSA) is 91.6 Å². The van der Waals surface area contributed by atoms with Crippen molar-refractivity contribution in [2.45, 2.75) is 59.0 Å². The molecule has 8 heteroatoms. The number of benzene rings is 1. The molecule has 0 radical (unpaired) electrons. The van der Waals surface area contributed by atoms with Gasteiger partial charge in [0.25, 0.3) is 5.56 Å². The lowest BCUT2D eigenvalue weighted by Gasteiger charge is -2.24. The number of carbonyl (C=O) groups excluding carboxylic acids is 1. The molecule has 2 atom stereocenters. The van der Waals surface area contributed by atoms with Gasteiger partial charge in [-0.3, -0.25) is 14.4 Å². The third kappa shape index (κ3) is 7.65. The van der Waals surface area contributed by atoms with Gasteiger partial charge in [-0.15, -0.1) is 11.3 Å². The highest BCUT2D eigenvalue weighted by Crippen LogP contribution is 2.35. The first-order valence-corrected chi connectivity index (χ1v) is 13.9. The summed E-state index contributed by atoms with van der Waals surface area (Å²) in [7, 11) is 3.97. The van der Waals surface area contributed by atoms with E-state index >= 15 is 0 Å². The van der Waals surface area contributed by atoms with E-state index in [1.807, 2.05) is 51.5 Å². The quantitative estimate of drug-likeness (QED) is 0.331. The number of carbonyl (C=O) groups is 2. The van der Waals surface area contributed by atoms with Gasteiger partial charge in [0.05, 0.1) is 12.5 Å². The van der Waals surface area contributed by atoms with Gasteiger partial charge in [0.2, 0.25) is 5.91 Å². The molecule has 0 bridgehead atoms. The predicted octanol–water partition coefficient (Wildman–Crippen LogP) is 5.22. The first kappa shape index (κ1) is 29.3. The third-order valence-electron chi connectivity index (χ3n) is 6.64. The van der Waals surface area contributed by atoms with Crippen molar-refractivity contribution in [2.24, 2.45) is 5.92 Å². The Morgan fingerprint density at radius 3 is 2.37 bits per heavy atom. The molecule has 3 aromatic rings. The average Bonchev–Trinajstić information content (AvgIpc) is 3.30. The standard InChI is InChI=1S/C30H39N3O4S/c1-19(2)14-25(33-13-11-22(15-27(33)34)10-12-32(5)6)30(37)31-24(17-28(35)36)23-16-26(38-18-23)29-20(3)8-7-9-21(29)4/h7-9,11,13,15-16,18-19,24-25H,10,12,14,17H2,1-6H3,(H,31,37)(H,35,36)/t24-,25+/m0/s1. The lowest BCUT2D eigenvalue weighted by molar-refractivity contribution is -0.138. The second kappa shape index (κ2) is 13.0. The molecule has 0 saturated carbocycles. The van der Waals surface area contributed by atoms with Gasteiger partial charge in [-0.1, -0.05) is 32.0 Å². The summed E-state index contributed by atoms with van der Waals surface area (Å²) in [6, 6.07) is 10.1. The summed E-state index contributed by atoms with van der Waals surface area (Å²) in [5.41, 5.74) is 4.85. The number of amides is 1. The number of nitrogens with one attached hydrogen (secondary N) is 1. The molecule has 204 valence electrons. The molecule has 38 heavy (non-hydrogen) atoms. The molecule has 1 amide bonds. The average molecular weight is 538 g/mol. The van der Waals surface area contributed by atoms with Crippen LogP contribution < -0.4 is 10.9 Å². The Bertz CT molecular complexity index is 1300. The number of carboxylic acids is 1. The number of pyridine rings is 1. The summed E-state index contributed by atoms with van der Waals surface area (Å²) < 4.78 is 1.47. The van der Waals surface area contributed by atoms with Crippen molar-refractivity contribution >= 4 is 23.2 Å². The van der Waals surface area contributed by atoms with Crippen LogP contribution >= 0.6 is 11.3 Å². The van der Waals surface area contributed by atoms with Crippen LogP contribution in [0.15, 0.2) is 52.8 Å². The van der Waals surface area contributed by atoms with Gasteiger partial charge < -0.3 is 19.9 Å². The minimum Gasteiger partial charge on any atom is -0.481 e. The van der Waals surface area contributed by atoms with Gasteiger partial charge in [-0.2, -0.15) is 0 Å². The molecular formula is C30H39N3O4S. The first-order chi connectivity index (χ1) is 18.0. The molecule has 1 aromatic carbocycles. The number of hydrogen-bond acceptors (Lipinski definition) is 5. The molecule has 0 aliphatic carbocycles. The summed E-state index contributed by atoms with van der Waals surface area (Å²) in [6.07, 6.45) is 2.64. The van der Waals surface area contributed by atoms with E-state index < -0.39 is 18.1 Å². The van der Waals surface area contributed by atoms with Gasteiger partial charge in [0.15, 0.2) is 0 Å². The van der Waals surface area contributed by atoms with Crippen molar-refractivity contribution in [3.8, 4) is 10.4 Å². The highest BCUT2D eigenvalue weighted by atomic mass is 32.1. The Balaban J connectivity index is 1.90. The van der Waals surface area contributed by atoms with Crippen molar-refractivity contribution in [2.75, 3.05) is 20.6 Å². The van der Waals surface area contributed by atoms with Crippen LogP contribution in [0.1, 0.15) is 61.0 Å². The monoisotopic (exact) mass is 537 g/mol. The number of aromatic nitrogens is 1. The van der Waals surface area contributed by atoms with E-state index in [0.29, 0.717) is 6.42 Å². The van der Waals surface area contributed by atoms with Crippen molar-refractivity contribution in [1.82, 2.24) is 14.8 Å². The fraction of sp³-hybridized carbons (Fsp3) is 0.433. The normalized spacial score (nSPS) is 13.1. The minimum absolute atomic E-state index is 0.153. The van der Waals surface area contributed by atoms with Crippen LogP contribution in [0.2, 0.25) is 0 Å². The molecule has 0 saturated heterocycles. The molecule has 7 nitrogen and oxygen atoms in total. The van der Waals surface area contributed by atoms with E-state index in [4.69, 9.17) is 0 Å². The summed E-state index contributed by atoms with van der Waals surface area (Å²) >= 11 is 1.54. The van der Waals surface area contributed by atoms with Crippen LogP contribution in [0.25, 0.3) is 10.4 Å². The Hall–Kier alpha value is -3.23. The number of hydrogen-bond donors (Lipinski definition) is 2. The van der Waals surface area contributed by atoms with E-state index in [1.165, 1.54) is 15.9 Å². The second-order valence-corrected chi connectivity index (χ2v) is 11.6. The van der Waals surface area contributed by atoms with Gasteiger partial charge in [0, 0.05) is 23.7 Å². The molecule has 2 aromatic heterocycles. The van der Waals surface area contributed by atoms with Gasteiger partial charge in [-0.05, 0) is 92.0 Å². The van der Waals surface area contributed by atoms with Crippen molar-refractivity contribution in [1.29, 1.82) is 0 Å². The van der Waals surface area contributed by atoms with Crippen LogP contribution in [0.3, 0.4) is 0 Å². The molecule has 0 fully saturated rings. The number of carboxylic acid groups (broad SMARTS) is 1. The fourth-order valence-electron chi connectivity index (χ4n) is 4.65. The molecule has 2 N–H and O–H groups in total. The summed E-state index contributed by atoms with van der Waals surface area (Å²) in [6.45, 7) is 8.93. The Labute approximate surface area is 229 Å². The first-order valence-electron chi connectivity index (χ1n) is 13.0. The summed E-state index contributed by atoms with van der Waals surface area (Å²) in [5.74, 6) is -1.20. The SMILES string of the molecule is Cc1cccc(C)c1-c1cc([C@H](CC(=O)O)NC(=O)[C@@H](CC(C)C)n2ccc(CCN(C)C)cc2=O)cs1. The molecular weight excluding hydrogens is 498 g/mol. The number of aliphatic carboxylic acids is 1. The maximum atomic E-state index is 13.6. The van der Waals surface area contributed by atoms with E-state index in [1.54, 1.807) is 12.3 Å². The van der Waals surface area contributed by atoms with Crippen molar-refractivity contribution in [3.05, 3.63) is 80.6 Å². The van der Waals surface area contributed by atoms with E-state index in [-0.39, 0.29) is 23.8 Å². The zero-order valence-electron chi connectivity index (χ0n) is 23.2. The maximum absolute atomic E-state index is 13.6. The molecule has 0 aliphatic rings. The third-order valence-corrected chi connectivity index (χ3v) is 7.60. The lowest BCUT2D eigenvalue weighted by atomic mass is 9.99. The molecule has 2 heterocycles. The number of aryl methyl sites for hydroxylation is 2. The molecule has 3 rings (SSSR count). The van der Waals surface area contributed by atoms with E-state index in [9.17, 15) is 19.5 Å². The fourth-order valence-corrected chi connectivity index (χ4v) is 5.79. The van der Waals surface area contributed by atoms with Gasteiger partial charge >= 0.3 is 5.97 Å². The van der Waals surface area contributed by atoms with Crippen molar-refractivity contribution < 1.29 is 14.7 Å². The Morgan fingerprint density at radius 1 is 1.11 bits per heavy atom. The molecule has 0 spiro atoms. The molecule has 0 unspecified atom stereocenters. The number of nitrogens with zero attached hydrogens (tertiary/aromatic N) is 2. The van der Waals surface area contributed by atoms with Crippen LogP contribution in [0, 0.1) is 19.8 Å². The van der Waals surface area contributed by atoms with Crippen LogP contribution in [-0.2, 0) is 16.0 Å². The highest BCUT2D eigenvalue weighted by molar-refractivity contribution is 7.13. The number of likely N-dealkylation sites (N-methyl/N-ethyl adjacent to an activating group) is 1. The summed E-state index contributed by atoms with van der Waals surface area (Å²) in [4.78, 5) is 41.5. The lowest BCUT2D eigenvalue weighted by Crippen LogP contribution is -2.40. The minimum atomic E-state index is -1.00. The van der Waals surface area contributed by atoms with E-state index in [2.05, 4.69) is 36.2 Å². The Morgan fingerprint density at radius 2 is 1.79 bits per heavy atom. The number of thiophene rings is 1. The van der Waals surface area contributed by atoms with E-state index in [0.717, 1.165) is 45.7 Å². The number of rotatable bonds is 12. The van der Waals surface area contributed by atoms with Gasteiger partial charge in [-0.25, -0.2) is 0 Å². The van der Waals surface area contributed by atoms with Gasteiger partial charge in [0.1, 0.15) is 6.04 Å². The predicted molar refractivity (Wildman–Crippen MR) is 154 cm³/mol. The smallest absolute Gasteiger partial charge is 0.305 e. The van der Waals surface area contributed by atoms with Crippen LogP contribution in [0.4, 0.5) is 0 Å². The van der Waals surface area contributed by atoms with Crippen LogP contribution in [0.5, 0.6) is 0 Å². The largest absolute Gasteiger partial charge is 0.481 e. The Kier molecular flexibility index (Phi) is 10.1. The van der Waals surface area contributed by atoms with Crippen molar-refractivity contribution in [3.63, 3.8) is 0 Å². The zero-order valence-corrected chi connectivity index (χ0v) is 24.0. The summed E-state index contributed by atoms with van der Waals surface area (Å²) in [5, 5.41) is 14.5. The maximum Gasteiger partial charge on any atom is 0.305 e. The second-order valence-electron chi connectivity index (χ2n) is 10.6. The molecule has 0 aliphatic heterocycles. The highest BCUT2D eigenvalue weighted by Gasteiger charge is 2.27. The van der Waals surface area contributed by atoms with Crippen LogP contribution in [-0.4, -0.2) is 47.1 Å². The zero-order chi connectivity index (χ0) is 28.0.